The monoisotopic (exact) mass is 351 g/mol. The van der Waals surface area contributed by atoms with Crippen LogP contribution in [-0.2, 0) is 14.3 Å². The van der Waals surface area contributed by atoms with Gasteiger partial charge in [0.15, 0.2) is 0 Å². The summed E-state index contributed by atoms with van der Waals surface area (Å²) in [5, 5.41) is 2.82. The fraction of sp³-hybridized carbons (Fsp3) is 0.579. The second kappa shape index (κ2) is 10.0. The Bertz CT molecular complexity index is 587. The molecule has 1 amide bonds. The maximum Gasteiger partial charge on any atom is 0.341 e. The molecule has 0 heterocycles. The molecule has 0 saturated carbocycles. The third-order valence-electron chi connectivity index (χ3n) is 4.13. The minimum Gasteiger partial charge on any atom is -0.493 e. The van der Waals surface area contributed by atoms with Crippen LogP contribution >= 0.6 is 0 Å². The van der Waals surface area contributed by atoms with Crippen LogP contribution < -0.4 is 10.1 Å². The van der Waals surface area contributed by atoms with E-state index in [1.165, 1.54) is 14.2 Å². The van der Waals surface area contributed by atoms with E-state index in [1.807, 2.05) is 6.92 Å². The standard InChI is InChI=1S/C19H29NO5/c1-6-8-9-12-19(3,24-5)18(22)20-14-10-11-16(25-7-2)15(13-14)17(21)23-4/h10-11,13H,6-9,12H2,1-5H3,(H,20,22)/t19-/m0/s1. The third-order valence-corrected chi connectivity index (χ3v) is 4.13. The zero-order chi connectivity index (χ0) is 18.9. The Balaban J connectivity index is 2.96. The Hall–Kier alpha value is -2.08. The van der Waals surface area contributed by atoms with Crippen LogP contribution in [0.4, 0.5) is 5.69 Å². The first-order valence-corrected chi connectivity index (χ1v) is 8.63. The number of amides is 1. The molecule has 1 aromatic rings. The summed E-state index contributed by atoms with van der Waals surface area (Å²) in [6.07, 6.45) is 3.65. The van der Waals surface area contributed by atoms with Gasteiger partial charge in [-0.05, 0) is 38.5 Å². The van der Waals surface area contributed by atoms with E-state index in [4.69, 9.17) is 14.2 Å². The van der Waals surface area contributed by atoms with Crippen molar-refractivity contribution in [3.05, 3.63) is 23.8 Å². The van der Waals surface area contributed by atoms with E-state index >= 15 is 0 Å². The quantitative estimate of drug-likeness (QED) is 0.513. The number of methoxy groups -OCH3 is 2. The largest absolute Gasteiger partial charge is 0.493 e. The maximum absolute atomic E-state index is 12.6. The molecule has 0 aliphatic heterocycles. The van der Waals surface area contributed by atoms with Crippen molar-refractivity contribution in [3.8, 4) is 5.75 Å². The van der Waals surface area contributed by atoms with Gasteiger partial charge in [0.25, 0.3) is 5.91 Å². The van der Waals surface area contributed by atoms with Gasteiger partial charge in [-0.15, -0.1) is 0 Å². The second-order valence-electron chi connectivity index (χ2n) is 5.98. The lowest BCUT2D eigenvalue weighted by atomic mass is 9.96. The summed E-state index contributed by atoms with van der Waals surface area (Å²) in [6.45, 7) is 6.14. The molecule has 0 fully saturated rings. The summed E-state index contributed by atoms with van der Waals surface area (Å²) in [5.74, 6) is -0.340. The molecule has 6 heteroatoms. The van der Waals surface area contributed by atoms with Crippen molar-refractivity contribution in [2.24, 2.45) is 0 Å². The number of carbonyl (C=O) groups is 2. The highest BCUT2D eigenvalue weighted by Crippen LogP contribution is 2.26. The van der Waals surface area contributed by atoms with E-state index in [9.17, 15) is 9.59 Å². The average Bonchev–Trinajstić information content (AvgIpc) is 2.62. The van der Waals surface area contributed by atoms with Crippen LogP contribution in [0, 0.1) is 0 Å². The van der Waals surface area contributed by atoms with Crippen molar-refractivity contribution < 1.29 is 23.8 Å². The molecule has 1 aromatic carbocycles. The fourth-order valence-corrected chi connectivity index (χ4v) is 2.44. The van der Waals surface area contributed by atoms with Crippen molar-refractivity contribution in [1.82, 2.24) is 0 Å². The molecule has 6 nitrogen and oxygen atoms in total. The topological polar surface area (TPSA) is 73.9 Å². The molecule has 0 radical (unpaired) electrons. The molecule has 0 unspecified atom stereocenters. The van der Waals surface area contributed by atoms with Crippen LogP contribution in [0.5, 0.6) is 5.75 Å². The lowest BCUT2D eigenvalue weighted by molar-refractivity contribution is -0.136. The Morgan fingerprint density at radius 3 is 2.44 bits per heavy atom. The number of unbranched alkanes of at least 4 members (excludes halogenated alkanes) is 2. The second-order valence-corrected chi connectivity index (χ2v) is 5.98. The molecule has 0 spiro atoms. The van der Waals surface area contributed by atoms with Gasteiger partial charge in [-0.1, -0.05) is 26.2 Å². The maximum atomic E-state index is 12.6. The minimum atomic E-state index is -0.917. The van der Waals surface area contributed by atoms with Crippen molar-refractivity contribution in [2.45, 2.75) is 52.1 Å². The van der Waals surface area contributed by atoms with Crippen LogP contribution in [0.1, 0.15) is 56.8 Å². The summed E-state index contributed by atoms with van der Waals surface area (Å²) in [4.78, 5) is 24.6. The molecule has 0 saturated heterocycles. The lowest BCUT2D eigenvalue weighted by Crippen LogP contribution is -2.42. The van der Waals surface area contributed by atoms with Crippen molar-refractivity contribution in [3.63, 3.8) is 0 Å². The Labute approximate surface area is 149 Å². The number of carbonyl (C=O) groups excluding carboxylic acids is 2. The molecule has 1 rings (SSSR count). The number of anilines is 1. The van der Waals surface area contributed by atoms with E-state index in [-0.39, 0.29) is 11.5 Å². The van der Waals surface area contributed by atoms with Crippen LogP contribution in [0.25, 0.3) is 0 Å². The van der Waals surface area contributed by atoms with Gasteiger partial charge in [-0.25, -0.2) is 4.79 Å². The first-order valence-electron chi connectivity index (χ1n) is 8.63. The Morgan fingerprint density at radius 2 is 1.88 bits per heavy atom. The zero-order valence-electron chi connectivity index (χ0n) is 15.8. The van der Waals surface area contributed by atoms with Crippen LogP contribution in [-0.4, -0.2) is 38.3 Å². The first-order chi connectivity index (χ1) is 11.9. The predicted octanol–water partition coefficient (Wildman–Crippen LogP) is 3.80. The average molecular weight is 351 g/mol. The summed E-state index contributed by atoms with van der Waals surface area (Å²) in [5.41, 5.74) is -0.154. The predicted molar refractivity (Wildman–Crippen MR) is 97.1 cm³/mol. The van der Waals surface area contributed by atoms with Crippen molar-refractivity contribution in [2.75, 3.05) is 26.1 Å². The number of hydrogen-bond acceptors (Lipinski definition) is 5. The molecule has 140 valence electrons. The van der Waals surface area contributed by atoms with E-state index in [0.717, 1.165) is 19.3 Å². The minimum absolute atomic E-state index is 0.244. The van der Waals surface area contributed by atoms with Crippen LogP contribution in [0.3, 0.4) is 0 Å². The van der Waals surface area contributed by atoms with E-state index in [2.05, 4.69) is 12.2 Å². The Kier molecular flexibility index (Phi) is 8.41. The SMILES string of the molecule is CCCCC[C@](C)(OC)C(=O)Nc1ccc(OCC)c(C(=O)OC)c1. The number of hydrogen-bond donors (Lipinski definition) is 1. The number of ether oxygens (including phenoxy) is 3. The molecule has 1 atom stereocenters. The number of esters is 1. The third kappa shape index (κ3) is 5.74. The molecule has 25 heavy (non-hydrogen) atoms. The van der Waals surface area contributed by atoms with Gasteiger partial charge >= 0.3 is 5.97 Å². The van der Waals surface area contributed by atoms with Gasteiger partial charge in [-0.2, -0.15) is 0 Å². The normalized spacial score (nSPS) is 13.0. The number of nitrogens with one attached hydrogen (secondary N) is 1. The highest BCUT2D eigenvalue weighted by atomic mass is 16.5. The zero-order valence-corrected chi connectivity index (χ0v) is 15.8. The fourth-order valence-electron chi connectivity index (χ4n) is 2.44. The summed E-state index contributed by atoms with van der Waals surface area (Å²) in [6, 6.07) is 4.89. The lowest BCUT2D eigenvalue weighted by Gasteiger charge is -2.27. The van der Waals surface area contributed by atoms with E-state index < -0.39 is 11.6 Å². The van der Waals surface area contributed by atoms with Crippen molar-refractivity contribution >= 4 is 17.6 Å². The summed E-state index contributed by atoms with van der Waals surface area (Å²) in [7, 11) is 2.84. The molecular weight excluding hydrogens is 322 g/mol. The molecule has 0 bridgehead atoms. The summed E-state index contributed by atoms with van der Waals surface area (Å²) >= 11 is 0. The first kappa shape index (κ1) is 21.0. The molecule has 0 aliphatic carbocycles. The van der Waals surface area contributed by atoms with Gasteiger partial charge in [0.1, 0.15) is 16.9 Å². The highest BCUT2D eigenvalue weighted by Gasteiger charge is 2.32. The van der Waals surface area contributed by atoms with Gasteiger partial charge in [0.2, 0.25) is 0 Å². The molecule has 0 aromatic heterocycles. The van der Waals surface area contributed by atoms with Crippen molar-refractivity contribution in [1.29, 1.82) is 0 Å². The molecular formula is C19H29NO5. The van der Waals surface area contributed by atoms with Gasteiger partial charge < -0.3 is 19.5 Å². The van der Waals surface area contributed by atoms with Crippen LogP contribution in [0.15, 0.2) is 18.2 Å². The Morgan fingerprint density at radius 1 is 1.16 bits per heavy atom. The molecule has 1 N–H and O–H groups in total. The number of benzene rings is 1. The summed E-state index contributed by atoms with van der Waals surface area (Å²) < 4.78 is 15.7. The van der Waals surface area contributed by atoms with E-state index in [1.54, 1.807) is 25.1 Å². The van der Waals surface area contributed by atoms with Gasteiger partial charge in [0.05, 0.1) is 13.7 Å². The number of rotatable bonds is 10. The van der Waals surface area contributed by atoms with Crippen LogP contribution in [0.2, 0.25) is 0 Å². The van der Waals surface area contributed by atoms with E-state index in [0.29, 0.717) is 24.5 Å². The molecule has 0 aliphatic rings. The highest BCUT2D eigenvalue weighted by molar-refractivity contribution is 5.99. The smallest absolute Gasteiger partial charge is 0.341 e. The van der Waals surface area contributed by atoms with Gasteiger partial charge in [0, 0.05) is 12.8 Å². The van der Waals surface area contributed by atoms with Gasteiger partial charge in [-0.3, -0.25) is 4.79 Å².